The van der Waals surface area contributed by atoms with Gasteiger partial charge in [-0.05, 0) is 38.0 Å². The van der Waals surface area contributed by atoms with E-state index >= 15 is 0 Å². The minimum absolute atomic E-state index is 0.129. The third kappa shape index (κ3) is 5.51. The van der Waals surface area contributed by atoms with Crippen LogP contribution in [0.15, 0.2) is 18.2 Å². The number of likely N-dealkylation sites (tertiary alicyclic amines) is 1. The van der Waals surface area contributed by atoms with Crippen LogP contribution in [0.1, 0.15) is 36.5 Å². The molecule has 0 bridgehead atoms. The van der Waals surface area contributed by atoms with Crippen molar-refractivity contribution in [2.45, 2.75) is 32.2 Å². The minimum atomic E-state index is -0.940. The molecule has 1 fully saturated rings. The van der Waals surface area contributed by atoms with E-state index < -0.39 is 6.09 Å². The highest BCUT2D eigenvalue weighted by Gasteiger charge is 2.30. The number of likely N-dealkylation sites (N-methyl/N-ethyl adjacent to an activating group) is 1. The highest BCUT2D eigenvalue weighted by molar-refractivity contribution is 5.95. The molecule has 1 aromatic carbocycles. The second-order valence-corrected chi connectivity index (χ2v) is 6.68. The molecular formula is C20H30N2O6. The number of carbonyl (C=O) groups excluding carboxylic acids is 1. The van der Waals surface area contributed by atoms with Crippen LogP contribution in [0, 0.1) is 0 Å². The van der Waals surface area contributed by atoms with Crippen molar-refractivity contribution in [1.82, 2.24) is 9.80 Å². The molecule has 1 saturated heterocycles. The van der Waals surface area contributed by atoms with Crippen LogP contribution >= 0.6 is 0 Å². The molecule has 1 aromatic rings. The number of benzene rings is 1. The van der Waals surface area contributed by atoms with Gasteiger partial charge in [-0.25, -0.2) is 4.79 Å². The number of methoxy groups -OCH3 is 2. The molecule has 0 aromatic heterocycles. The fourth-order valence-electron chi connectivity index (χ4n) is 3.42. The van der Waals surface area contributed by atoms with Crippen LogP contribution in [-0.2, 0) is 4.74 Å². The van der Waals surface area contributed by atoms with E-state index in [4.69, 9.17) is 14.2 Å². The average Bonchev–Trinajstić information content (AvgIpc) is 2.71. The Morgan fingerprint density at radius 1 is 1.25 bits per heavy atom. The summed E-state index contributed by atoms with van der Waals surface area (Å²) in [7, 11) is 3.19. The normalized spacial score (nSPS) is 16.5. The van der Waals surface area contributed by atoms with Crippen molar-refractivity contribution in [2.24, 2.45) is 0 Å². The first-order chi connectivity index (χ1) is 13.5. The van der Waals surface area contributed by atoms with Gasteiger partial charge in [0.1, 0.15) is 0 Å². The van der Waals surface area contributed by atoms with Crippen LogP contribution in [0.25, 0.3) is 0 Å². The number of rotatable bonds is 9. The molecule has 0 radical (unpaired) electrons. The molecule has 2 rings (SSSR count). The Labute approximate surface area is 166 Å². The lowest BCUT2D eigenvalue weighted by Crippen LogP contribution is -2.51. The van der Waals surface area contributed by atoms with E-state index in [2.05, 4.69) is 0 Å². The minimum Gasteiger partial charge on any atom is -0.493 e. The van der Waals surface area contributed by atoms with Gasteiger partial charge in [0.25, 0.3) is 5.91 Å². The molecule has 1 aliphatic rings. The second kappa shape index (κ2) is 10.8. The lowest BCUT2D eigenvalue weighted by atomic mass is 10.0. The molecule has 1 heterocycles. The number of piperidine rings is 1. The Morgan fingerprint density at radius 2 is 2.04 bits per heavy atom. The Morgan fingerprint density at radius 3 is 2.68 bits per heavy atom. The molecule has 1 aliphatic heterocycles. The first kappa shape index (κ1) is 21.8. The summed E-state index contributed by atoms with van der Waals surface area (Å²) in [6, 6.07) is 4.99. The zero-order chi connectivity index (χ0) is 20.5. The molecule has 8 heteroatoms. The van der Waals surface area contributed by atoms with Crippen LogP contribution in [-0.4, -0.2) is 80.0 Å². The lowest BCUT2D eigenvalue weighted by molar-refractivity contribution is 0.0551. The van der Waals surface area contributed by atoms with E-state index in [1.807, 2.05) is 6.92 Å². The lowest BCUT2D eigenvalue weighted by Gasteiger charge is -2.38. The average molecular weight is 394 g/mol. The van der Waals surface area contributed by atoms with Crippen molar-refractivity contribution in [3.63, 3.8) is 0 Å². The van der Waals surface area contributed by atoms with Crippen molar-refractivity contribution in [3.05, 3.63) is 23.8 Å². The van der Waals surface area contributed by atoms with Gasteiger partial charge in [-0.2, -0.15) is 0 Å². The standard InChI is InChI=1S/C20H30N2O6/c1-4-22(16-7-5-10-21(14-16)20(24)25)19(23)15-8-9-17(27-3)18(13-15)28-12-6-11-26-2/h8-9,13,16H,4-7,10-12,14H2,1-3H3,(H,24,25)/t16-/m1/s1. The van der Waals surface area contributed by atoms with Crippen LogP contribution in [0.4, 0.5) is 4.79 Å². The highest BCUT2D eigenvalue weighted by atomic mass is 16.5. The van der Waals surface area contributed by atoms with Gasteiger partial charge < -0.3 is 29.1 Å². The topological polar surface area (TPSA) is 88.5 Å². The molecule has 1 N–H and O–H groups in total. The number of ether oxygens (including phenoxy) is 3. The Balaban J connectivity index is 2.14. The van der Waals surface area contributed by atoms with Crippen LogP contribution in [0.5, 0.6) is 11.5 Å². The SMILES string of the molecule is CCN(C(=O)c1ccc(OC)c(OCCCOC)c1)[C@@H]1CCCN(C(=O)O)C1. The van der Waals surface area contributed by atoms with E-state index in [1.165, 1.54) is 4.90 Å². The van der Waals surface area contributed by atoms with Gasteiger partial charge in [0.05, 0.1) is 13.7 Å². The number of carboxylic acid groups (broad SMARTS) is 1. The third-order valence-electron chi connectivity index (χ3n) is 4.87. The summed E-state index contributed by atoms with van der Waals surface area (Å²) in [5, 5.41) is 9.26. The summed E-state index contributed by atoms with van der Waals surface area (Å²) in [5.41, 5.74) is 0.497. The zero-order valence-corrected chi connectivity index (χ0v) is 16.8. The Kier molecular flexibility index (Phi) is 8.38. The third-order valence-corrected chi connectivity index (χ3v) is 4.87. The van der Waals surface area contributed by atoms with Gasteiger partial charge in [0, 0.05) is 51.4 Å². The second-order valence-electron chi connectivity index (χ2n) is 6.68. The maximum absolute atomic E-state index is 13.1. The Hall–Kier alpha value is -2.48. The maximum atomic E-state index is 13.1. The van der Waals surface area contributed by atoms with Gasteiger partial charge >= 0.3 is 6.09 Å². The monoisotopic (exact) mass is 394 g/mol. The van der Waals surface area contributed by atoms with Crippen LogP contribution < -0.4 is 9.47 Å². The fraction of sp³-hybridized carbons (Fsp3) is 0.600. The molecule has 156 valence electrons. The van der Waals surface area contributed by atoms with Gasteiger partial charge in [-0.3, -0.25) is 4.79 Å². The van der Waals surface area contributed by atoms with E-state index in [0.29, 0.717) is 49.9 Å². The summed E-state index contributed by atoms with van der Waals surface area (Å²) >= 11 is 0. The Bertz CT molecular complexity index is 666. The van der Waals surface area contributed by atoms with E-state index in [0.717, 1.165) is 19.3 Å². The van der Waals surface area contributed by atoms with Crippen molar-refractivity contribution >= 4 is 12.0 Å². The first-order valence-corrected chi connectivity index (χ1v) is 9.60. The first-order valence-electron chi connectivity index (χ1n) is 9.60. The molecule has 0 spiro atoms. The van der Waals surface area contributed by atoms with Crippen LogP contribution in [0.2, 0.25) is 0 Å². The number of hydrogen-bond acceptors (Lipinski definition) is 5. The van der Waals surface area contributed by atoms with Crippen molar-refractivity contribution in [1.29, 1.82) is 0 Å². The van der Waals surface area contributed by atoms with Gasteiger partial charge in [-0.15, -0.1) is 0 Å². The molecule has 0 aliphatic carbocycles. The smallest absolute Gasteiger partial charge is 0.407 e. The van der Waals surface area contributed by atoms with Crippen molar-refractivity contribution < 1.29 is 28.9 Å². The van der Waals surface area contributed by atoms with E-state index in [-0.39, 0.29) is 11.9 Å². The van der Waals surface area contributed by atoms with Crippen molar-refractivity contribution in [3.8, 4) is 11.5 Å². The fourth-order valence-corrected chi connectivity index (χ4v) is 3.42. The van der Waals surface area contributed by atoms with E-state index in [9.17, 15) is 14.7 Å². The molecule has 0 saturated carbocycles. The quantitative estimate of drug-likeness (QED) is 0.648. The summed E-state index contributed by atoms with van der Waals surface area (Å²) in [4.78, 5) is 27.5. The van der Waals surface area contributed by atoms with Crippen molar-refractivity contribution in [2.75, 3.05) is 47.1 Å². The molecule has 8 nitrogen and oxygen atoms in total. The van der Waals surface area contributed by atoms with Crippen LogP contribution in [0.3, 0.4) is 0 Å². The largest absolute Gasteiger partial charge is 0.493 e. The molecule has 1 atom stereocenters. The summed E-state index contributed by atoms with van der Waals surface area (Å²) in [6.45, 7) is 4.31. The number of hydrogen-bond donors (Lipinski definition) is 1. The maximum Gasteiger partial charge on any atom is 0.407 e. The molecule has 2 amide bonds. The summed E-state index contributed by atoms with van der Waals surface area (Å²) in [6.07, 6.45) is 1.33. The highest BCUT2D eigenvalue weighted by Crippen LogP contribution is 2.29. The summed E-state index contributed by atoms with van der Waals surface area (Å²) < 4.78 is 16.1. The zero-order valence-electron chi connectivity index (χ0n) is 16.8. The number of nitrogens with zero attached hydrogens (tertiary/aromatic N) is 2. The van der Waals surface area contributed by atoms with Gasteiger partial charge in [0.15, 0.2) is 11.5 Å². The predicted molar refractivity (Wildman–Crippen MR) is 104 cm³/mol. The number of carbonyl (C=O) groups is 2. The molecule has 28 heavy (non-hydrogen) atoms. The molecular weight excluding hydrogens is 364 g/mol. The van der Waals surface area contributed by atoms with Gasteiger partial charge in [-0.1, -0.05) is 0 Å². The predicted octanol–water partition coefficient (Wildman–Crippen LogP) is 2.72. The molecule has 0 unspecified atom stereocenters. The van der Waals surface area contributed by atoms with E-state index in [1.54, 1.807) is 37.3 Å². The summed E-state index contributed by atoms with van der Waals surface area (Å²) in [5.74, 6) is 0.937. The van der Waals surface area contributed by atoms with Gasteiger partial charge in [0.2, 0.25) is 0 Å². The number of amides is 2.